The number of fused-ring (bicyclic) bond motifs is 1. The summed E-state index contributed by atoms with van der Waals surface area (Å²) in [4.78, 5) is 47.5. The summed E-state index contributed by atoms with van der Waals surface area (Å²) < 4.78 is 17.0. The first-order valence-electron chi connectivity index (χ1n) is 12.6. The molecule has 2 aromatic heterocycles. The van der Waals surface area contributed by atoms with E-state index in [0.717, 1.165) is 34.9 Å². The number of imidazole rings is 1. The van der Waals surface area contributed by atoms with Crippen LogP contribution in [0.4, 0.5) is 4.39 Å². The standard InChI is InChI=1S/C28H30FN5O3/c1-18(2)32(17-35)14-20-9-7-19(8-10-20)13-24-30-25-26(31-24)33(15-21-11-12-21)28(37)34(27(25)36)16-22-5-3-4-6-23(22)29/h3-10,17-18,21H,11-16H2,1-2H3,(H,30,31). The summed E-state index contributed by atoms with van der Waals surface area (Å²) in [6, 6.07) is 14.2. The molecule has 0 spiro atoms. The normalized spacial score (nSPS) is 13.4. The van der Waals surface area contributed by atoms with E-state index in [4.69, 9.17) is 0 Å². The fourth-order valence-electron chi connectivity index (χ4n) is 4.47. The van der Waals surface area contributed by atoms with Crippen molar-refractivity contribution in [3.63, 3.8) is 0 Å². The number of rotatable bonds is 10. The lowest BCUT2D eigenvalue weighted by Gasteiger charge is -2.21. The van der Waals surface area contributed by atoms with E-state index < -0.39 is 17.1 Å². The van der Waals surface area contributed by atoms with Crippen LogP contribution in [-0.4, -0.2) is 36.5 Å². The smallest absolute Gasteiger partial charge is 0.333 e. The van der Waals surface area contributed by atoms with Crippen LogP contribution in [0.2, 0.25) is 0 Å². The third kappa shape index (κ3) is 5.26. The minimum atomic E-state index is -0.507. The maximum absolute atomic E-state index is 14.3. The molecule has 37 heavy (non-hydrogen) atoms. The molecule has 0 unspecified atom stereocenters. The molecule has 1 aliphatic carbocycles. The number of nitrogens with zero attached hydrogens (tertiary/aromatic N) is 4. The van der Waals surface area contributed by atoms with Gasteiger partial charge in [-0.3, -0.25) is 18.7 Å². The second-order valence-corrected chi connectivity index (χ2v) is 10.1. The number of nitrogens with one attached hydrogen (secondary N) is 1. The highest BCUT2D eigenvalue weighted by molar-refractivity contribution is 5.70. The van der Waals surface area contributed by atoms with Crippen molar-refractivity contribution in [3.8, 4) is 0 Å². The summed E-state index contributed by atoms with van der Waals surface area (Å²) >= 11 is 0. The molecule has 192 valence electrons. The van der Waals surface area contributed by atoms with Gasteiger partial charge in [-0.15, -0.1) is 0 Å². The van der Waals surface area contributed by atoms with Gasteiger partial charge in [-0.25, -0.2) is 14.2 Å². The number of carbonyl (C=O) groups is 1. The molecule has 0 bridgehead atoms. The molecule has 4 aromatic rings. The van der Waals surface area contributed by atoms with Crippen LogP contribution in [0.3, 0.4) is 0 Å². The van der Waals surface area contributed by atoms with Crippen LogP contribution in [-0.2, 0) is 30.8 Å². The molecule has 0 aliphatic heterocycles. The van der Waals surface area contributed by atoms with Crippen LogP contribution in [0.25, 0.3) is 11.2 Å². The maximum Gasteiger partial charge on any atom is 0.333 e. The van der Waals surface area contributed by atoms with E-state index >= 15 is 0 Å². The van der Waals surface area contributed by atoms with E-state index in [0.29, 0.717) is 36.9 Å². The SMILES string of the molecule is CC(C)N(C=O)Cc1ccc(Cc2nc3c([nH]2)c(=O)n(Cc2ccccc2F)c(=O)n3CC2CC2)cc1. The fourth-order valence-corrected chi connectivity index (χ4v) is 4.47. The highest BCUT2D eigenvalue weighted by atomic mass is 19.1. The van der Waals surface area contributed by atoms with Crippen molar-refractivity contribution < 1.29 is 9.18 Å². The molecular weight excluding hydrogens is 473 g/mol. The lowest BCUT2D eigenvalue weighted by Crippen LogP contribution is -2.40. The number of benzene rings is 2. The van der Waals surface area contributed by atoms with Gasteiger partial charge in [-0.1, -0.05) is 42.5 Å². The summed E-state index contributed by atoms with van der Waals surface area (Å²) in [5.74, 6) is 0.495. The zero-order valence-electron chi connectivity index (χ0n) is 21.0. The lowest BCUT2D eigenvalue weighted by molar-refractivity contribution is -0.120. The monoisotopic (exact) mass is 503 g/mol. The number of amides is 1. The van der Waals surface area contributed by atoms with Crippen molar-refractivity contribution in [2.75, 3.05) is 0 Å². The zero-order chi connectivity index (χ0) is 26.1. The molecule has 8 nitrogen and oxygen atoms in total. The number of aromatic nitrogens is 4. The van der Waals surface area contributed by atoms with Gasteiger partial charge in [-0.05, 0) is 49.8 Å². The Bertz CT molecular complexity index is 1550. The third-order valence-electron chi connectivity index (χ3n) is 6.89. The van der Waals surface area contributed by atoms with Gasteiger partial charge in [0.15, 0.2) is 5.65 Å². The van der Waals surface area contributed by atoms with E-state index in [-0.39, 0.29) is 23.7 Å². The van der Waals surface area contributed by atoms with E-state index in [1.54, 1.807) is 27.7 Å². The molecule has 0 radical (unpaired) electrons. The number of hydrogen-bond donors (Lipinski definition) is 1. The number of carbonyl (C=O) groups excluding carboxylic acids is 1. The molecular formula is C28H30FN5O3. The second-order valence-electron chi connectivity index (χ2n) is 10.1. The molecule has 5 rings (SSSR count). The van der Waals surface area contributed by atoms with E-state index in [9.17, 15) is 18.8 Å². The van der Waals surface area contributed by atoms with Crippen LogP contribution in [0, 0.1) is 11.7 Å². The number of H-pyrrole nitrogens is 1. The first-order valence-corrected chi connectivity index (χ1v) is 12.6. The minimum absolute atomic E-state index is 0.114. The Balaban J connectivity index is 1.47. The van der Waals surface area contributed by atoms with E-state index in [1.807, 2.05) is 38.1 Å². The summed E-state index contributed by atoms with van der Waals surface area (Å²) in [5, 5.41) is 0. The van der Waals surface area contributed by atoms with Crippen molar-refractivity contribution in [1.29, 1.82) is 0 Å². The van der Waals surface area contributed by atoms with Crippen LogP contribution in [0.1, 0.15) is 49.2 Å². The van der Waals surface area contributed by atoms with Gasteiger partial charge in [-0.2, -0.15) is 0 Å². The van der Waals surface area contributed by atoms with Crippen molar-refractivity contribution in [1.82, 2.24) is 24.0 Å². The molecule has 1 saturated carbocycles. The van der Waals surface area contributed by atoms with E-state index in [1.165, 1.54) is 6.07 Å². The van der Waals surface area contributed by atoms with Crippen LogP contribution in [0.15, 0.2) is 58.1 Å². The highest BCUT2D eigenvalue weighted by Crippen LogP contribution is 2.30. The molecule has 2 aromatic carbocycles. The zero-order valence-corrected chi connectivity index (χ0v) is 21.0. The van der Waals surface area contributed by atoms with Crippen molar-refractivity contribution in [3.05, 3.63) is 97.7 Å². The molecule has 0 saturated heterocycles. The number of halogens is 1. The summed E-state index contributed by atoms with van der Waals surface area (Å²) in [5.41, 5.74) is 1.89. The van der Waals surface area contributed by atoms with Gasteiger partial charge in [0.05, 0.1) is 6.54 Å². The Morgan fingerprint density at radius 2 is 1.78 bits per heavy atom. The van der Waals surface area contributed by atoms with Gasteiger partial charge in [0.25, 0.3) is 5.56 Å². The summed E-state index contributed by atoms with van der Waals surface area (Å²) in [6.45, 7) is 4.81. The molecule has 9 heteroatoms. The maximum atomic E-state index is 14.3. The fraction of sp³-hybridized carbons (Fsp3) is 0.357. The summed E-state index contributed by atoms with van der Waals surface area (Å²) in [7, 11) is 0. The number of aromatic amines is 1. The minimum Gasteiger partial charge on any atom is -0.339 e. The third-order valence-corrected chi connectivity index (χ3v) is 6.89. The molecule has 1 aliphatic rings. The van der Waals surface area contributed by atoms with Gasteiger partial charge < -0.3 is 9.88 Å². The molecule has 0 atom stereocenters. The summed E-state index contributed by atoms with van der Waals surface area (Å²) in [6.07, 6.45) is 3.36. The van der Waals surface area contributed by atoms with Gasteiger partial charge >= 0.3 is 5.69 Å². The van der Waals surface area contributed by atoms with Crippen molar-refractivity contribution >= 4 is 17.6 Å². The average Bonchev–Trinajstić information content (AvgIpc) is 3.61. The predicted molar refractivity (Wildman–Crippen MR) is 139 cm³/mol. The Labute approximate surface area is 213 Å². The van der Waals surface area contributed by atoms with Crippen LogP contribution >= 0.6 is 0 Å². The first kappa shape index (κ1) is 24.7. The highest BCUT2D eigenvalue weighted by Gasteiger charge is 2.26. The topological polar surface area (TPSA) is 93.0 Å². The molecule has 1 fully saturated rings. The Morgan fingerprint density at radius 1 is 1.08 bits per heavy atom. The lowest BCUT2D eigenvalue weighted by atomic mass is 10.1. The van der Waals surface area contributed by atoms with Crippen molar-refractivity contribution in [2.45, 2.75) is 58.8 Å². The Morgan fingerprint density at radius 3 is 2.43 bits per heavy atom. The van der Waals surface area contributed by atoms with Gasteiger partial charge in [0.1, 0.15) is 17.2 Å². The Hall–Kier alpha value is -4.01. The quantitative estimate of drug-likeness (QED) is 0.336. The van der Waals surface area contributed by atoms with Gasteiger partial charge in [0, 0.05) is 31.1 Å². The molecule has 2 heterocycles. The molecule has 1 N–H and O–H groups in total. The van der Waals surface area contributed by atoms with Crippen LogP contribution < -0.4 is 11.2 Å². The van der Waals surface area contributed by atoms with Crippen molar-refractivity contribution in [2.24, 2.45) is 5.92 Å². The average molecular weight is 504 g/mol. The first-order chi connectivity index (χ1) is 17.8. The van der Waals surface area contributed by atoms with Crippen LogP contribution in [0.5, 0.6) is 0 Å². The second kappa shape index (κ2) is 10.2. The van der Waals surface area contributed by atoms with Gasteiger partial charge in [0.2, 0.25) is 6.41 Å². The molecule has 1 amide bonds. The predicted octanol–water partition coefficient (Wildman–Crippen LogP) is 3.44. The van der Waals surface area contributed by atoms with E-state index in [2.05, 4.69) is 9.97 Å². The largest absolute Gasteiger partial charge is 0.339 e. The number of hydrogen-bond acceptors (Lipinski definition) is 4. The Kier molecular flexibility index (Phi) is 6.78.